The molecule has 0 unspecified atom stereocenters. The maximum Gasteiger partial charge on any atom is 0.311 e. The van der Waals surface area contributed by atoms with Gasteiger partial charge in [0.05, 0.1) is 5.41 Å². The number of ether oxygens (including phenoxy) is 2. The predicted octanol–water partition coefficient (Wildman–Crippen LogP) is 4.57. The number of esters is 1. The van der Waals surface area contributed by atoms with E-state index in [4.69, 9.17) is 9.47 Å². The monoisotopic (exact) mass is 284 g/mol. The minimum atomic E-state index is -0.488. The number of hydrogen-bond donors (Lipinski definition) is 0. The van der Waals surface area contributed by atoms with Crippen LogP contribution < -0.4 is 4.74 Å². The van der Waals surface area contributed by atoms with Crippen LogP contribution in [0.4, 0.5) is 0 Å². The van der Waals surface area contributed by atoms with Crippen LogP contribution in [0.25, 0.3) is 0 Å². The second-order valence-corrected chi connectivity index (χ2v) is 5.89. The number of hydrogen-bond acceptors (Lipinski definition) is 3. The molecule has 2 rings (SSSR count). The summed E-state index contributed by atoms with van der Waals surface area (Å²) in [5.74, 6) is 1.30. The molecule has 2 aromatic rings. The van der Waals surface area contributed by atoms with Crippen LogP contribution in [0.15, 0.2) is 54.6 Å². The van der Waals surface area contributed by atoms with Crippen LogP contribution >= 0.6 is 0 Å². The first kappa shape index (κ1) is 15.1. The van der Waals surface area contributed by atoms with Crippen molar-refractivity contribution in [3.8, 4) is 11.5 Å². The van der Waals surface area contributed by atoms with E-state index in [9.17, 15) is 4.79 Å². The molecular weight excluding hydrogens is 264 g/mol. The molecule has 3 nitrogen and oxygen atoms in total. The lowest BCUT2D eigenvalue weighted by molar-refractivity contribution is -0.154. The van der Waals surface area contributed by atoms with Crippen LogP contribution in [0, 0.1) is 5.41 Å². The number of carbonyl (C=O) groups excluding carboxylic acids is 1. The molecule has 3 heteroatoms. The van der Waals surface area contributed by atoms with Gasteiger partial charge in [-0.1, -0.05) is 30.3 Å². The molecule has 0 aliphatic heterocycles. The third-order valence-corrected chi connectivity index (χ3v) is 2.86. The normalized spacial score (nSPS) is 11.0. The van der Waals surface area contributed by atoms with Crippen molar-refractivity contribution in [2.24, 2.45) is 5.41 Å². The Bertz CT molecular complexity index is 597. The van der Waals surface area contributed by atoms with Crippen LogP contribution in [0.3, 0.4) is 0 Å². The van der Waals surface area contributed by atoms with Crippen LogP contribution in [-0.2, 0) is 16.1 Å². The minimum Gasteiger partial charge on any atom is -0.460 e. The average molecular weight is 284 g/mol. The first-order valence-electron chi connectivity index (χ1n) is 6.94. The molecule has 0 atom stereocenters. The zero-order valence-corrected chi connectivity index (χ0v) is 12.6. The van der Waals surface area contributed by atoms with Crippen molar-refractivity contribution in [2.45, 2.75) is 27.4 Å². The van der Waals surface area contributed by atoms with Crippen molar-refractivity contribution >= 4 is 5.97 Å². The molecule has 0 aromatic heterocycles. The smallest absolute Gasteiger partial charge is 0.311 e. The summed E-state index contributed by atoms with van der Waals surface area (Å²) < 4.78 is 11.1. The Morgan fingerprint density at radius 2 is 1.62 bits per heavy atom. The van der Waals surface area contributed by atoms with Crippen LogP contribution in [0.5, 0.6) is 11.5 Å². The summed E-state index contributed by atoms with van der Waals surface area (Å²) in [6.45, 7) is 5.76. The lowest BCUT2D eigenvalue weighted by atomic mass is 9.97. The second kappa shape index (κ2) is 6.44. The van der Waals surface area contributed by atoms with E-state index in [1.165, 1.54) is 0 Å². The number of carbonyl (C=O) groups is 1. The van der Waals surface area contributed by atoms with Gasteiger partial charge in [0.2, 0.25) is 0 Å². The van der Waals surface area contributed by atoms with E-state index in [2.05, 4.69) is 0 Å². The quantitative estimate of drug-likeness (QED) is 0.772. The Morgan fingerprint density at radius 3 is 2.29 bits per heavy atom. The van der Waals surface area contributed by atoms with Crippen molar-refractivity contribution in [1.82, 2.24) is 0 Å². The molecule has 0 radical (unpaired) electrons. The van der Waals surface area contributed by atoms with Crippen molar-refractivity contribution in [1.29, 1.82) is 0 Å². The summed E-state index contributed by atoms with van der Waals surface area (Å²) in [6.07, 6.45) is 0. The Hall–Kier alpha value is -2.29. The van der Waals surface area contributed by atoms with E-state index in [1.807, 2.05) is 75.4 Å². The molecule has 0 heterocycles. The highest BCUT2D eigenvalue weighted by atomic mass is 16.5. The molecule has 110 valence electrons. The van der Waals surface area contributed by atoms with Gasteiger partial charge in [-0.15, -0.1) is 0 Å². The molecule has 0 aliphatic rings. The Morgan fingerprint density at radius 1 is 0.952 bits per heavy atom. The van der Waals surface area contributed by atoms with Gasteiger partial charge in [0.15, 0.2) is 0 Å². The summed E-state index contributed by atoms with van der Waals surface area (Å²) in [5, 5.41) is 0. The van der Waals surface area contributed by atoms with Gasteiger partial charge < -0.3 is 9.47 Å². The summed E-state index contributed by atoms with van der Waals surface area (Å²) in [5.41, 5.74) is 0.416. The van der Waals surface area contributed by atoms with E-state index in [0.29, 0.717) is 0 Å². The molecule has 0 saturated carbocycles. The van der Waals surface area contributed by atoms with E-state index < -0.39 is 5.41 Å². The third-order valence-electron chi connectivity index (χ3n) is 2.86. The standard InChI is InChI=1S/C18H20O3/c1-18(2,3)17(19)20-13-14-8-7-11-16(12-14)21-15-9-5-4-6-10-15/h4-12H,13H2,1-3H3. The second-order valence-electron chi connectivity index (χ2n) is 5.89. The maximum absolute atomic E-state index is 11.8. The fourth-order valence-electron chi connectivity index (χ4n) is 1.69. The lowest BCUT2D eigenvalue weighted by Crippen LogP contribution is -2.22. The van der Waals surface area contributed by atoms with Gasteiger partial charge in [-0.25, -0.2) is 0 Å². The maximum atomic E-state index is 11.8. The molecule has 21 heavy (non-hydrogen) atoms. The highest BCUT2D eigenvalue weighted by Crippen LogP contribution is 2.23. The molecule has 0 saturated heterocycles. The fourth-order valence-corrected chi connectivity index (χ4v) is 1.69. The molecule has 0 aliphatic carbocycles. The van der Waals surface area contributed by atoms with Gasteiger partial charge >= 0.3 is 5.97 Å². The van der Waals surface area contributed by atoms with Gasteiger partial charge in [0.25, 0.3) is 0 Å². The zero-order valence-electron chi connectivity index (χ0n) is 12.6. The Kier molecular flexibility index (Phi) is 4.63. The summed E-state index contributed by atoms with van der Waals surface area (Å²) >= 11 is 0. The van der Waals surface area contributed by atoms with Crippen molar-refractivity contribution < 1.29 is 14.3 Å². The predicted molar refractivity (Wildman–Crippen MR) is 82.2 cm³/mol. The Balaban J connectivity index is 2.00. The largest absolute Gasteiger partial charge is 0.460 e. The van der Waals surface area contributed by atoms with Crippen LogP contribution in [0.2, 0.25) is 0 Å². The van der Waals surface area contributed by atoms with E-state index in [0.717, 1.165) is 17.1 Å². The number of rotatable bonds is 4. The van der Waals surface area contributed by atoms with Crippen LogP contribution in [0.1, 0.15) is 26.3 Å². The highest BCUT2D eigenvalue weighted by molar-refractivity contribution is 5.75. The molecule has 2 aromatic carbocycles. The SMILES string of the molecule is CC(C)(C)C(=O)OCc1cccc(Oc2ccccc2)c1. The highest BCUT2D eigenvalue weighted by Gasteiger charge is 2.22. The van der Waals surface area contributed by atoms with Crippen molar-refractivity contribution in [2.75, 3.05) is 0 Å². The topological polar surface area (TPSA) is 35.5 Å². The van der Waals surface area contributed by atoms with Crippen molar-refractivity contribution in [3.63, 3.8) is 0 Å². The fraction of sp³-hybridized carbons (Fsp3) is 0.278. The summed E-state index contributed by atoms with van der Waals surface area (Å²) in [7, 11) is 0. The number of para-hydroxylation sites is 1. The van der Waals surface area contributed by atoms with Gasteiger partial charge in [0, 0.05) is 0 Å². The molecular formula is C18H20O3. The number of benzene rings is 2. The third kappa shape index (κ3) is 4.63. The van der Waals surface area contributed by atoms with Gasteiger partial charge in [-0.2, -0.15) is 0 Å². The zero-order chi connectivity index (χ0) is 15.3. The van der Waals surface area contributed by atoms with Gasteiger partial charge in [-0.05, 0) is 50.6 Å². The minimum absolute atomic E-state index is 0.211. The molecule has 0 N–H and O–H groups in total. The summed E-state index contributed by atoms with van der Waals surface area (Å²) in [4.78, 5) is 11.8. The first-order valence-corrected chi connectivity index (χ1v) is 6.94. The molecule has 0 bridgehead atoms. The lowest BCUT2D eigenvalue weighted by Gasteiger charge is -2.16. The molecule has 0 amide bonds. The van der Waals surface area contributed by atoms with Gasteiger partial charge in [-0.3, -0.25) is 4.79 Å². The average Bonchev–Trinajstić information content (AvgIpc) is 2.45. The Labute approximate surface area is 125 Å². The van der Waals surface area contributed by atoms with Crippen LogP contribution in [-0.4, -0.2) is 5.97 Å². The first-order chi connectivity index (χ1) is 9.95. The molecule has 0 spiro atoms. The molecule has 0 fully saturated rings. The van der Waals surface area contributed by atoms with E-state index in [1.54, 1.807) is 0 Å². The van der Waals surface area contributed by atoms with Crippen molar-refractivity contribution in [3.05, 3.63) is 60.2 Å². The van der Waals surface area contributed by atoms with E-state index >= 15 is 0 Å². The van der Waals surface area contributed by atoms with Gasteiger partial charge in [0.1, 0.15) is 18.1 Å². The summed E-state index contributed by atoms with van der Waals surface area (Å²) in [6, 6.07) is 17.1. The van der Waals surface area contributed by atoms with E-state index in [-0.39, 0.29) is 12.6 Å².